The van der Waals surface area contributed by atoms with E-state index in [-0.39, 0.29) is 19.0 Å². The zero-order chi connectivity index (χ0) is 12.2. The van der Waals surface area contributed by atoms with Gasteiger partial charge in [-0.05, 0) is 25.7 Å². The van der Waals surface area contributed by atoms with Crippen molar-refractivity contribution in [2.75, 3.05) is 6.61 Å². The predicted octanol–water partition coefficient (Wildman–Crippen LogP) is 1.24. The van der Waals surface area contributed by atoms with E-state index in [2.05, 4.69) is 0 Å². The van der Waals surface area contributed by atoms with Crippen LogP contribution in [0.5, 0.6) is 0 Å². The number of aliphatic hydroxyl groups is 1. The smallest absolute Gasteiger partial charge is 0.325 e. The van der Waals surface area contributed by atoms with Gasteiger partial charge in [0, 0.05) is 1.37 Å². The summed E-state index contributed by atoms with van der Waals surface area (Å²) in [6.07, 6.45) is 2.98. The highest BCUT2D eigenvalue weighted by atomic mass is 35.5. The van der Waals surface area contributed by atoms with Gasteiger partial charge in [-0.25, -0.2) is 0 Å². The number of nitrogens with two attached hydrogens (primary N) is 1. The van der Waals surface area contributed by atoms with Crippen molar-refractivity contribution in [3.8, 4) is 0 Å². The molecule has 1 rings (SSSR count). The molecule has 0 aromatic rings. The molecule has 3 N–H and O–H groups in total. The van der Waals surface area contributed by atoms with Crippen molar-refractivity contribution in [3.63, 3.8) is 0 Å². The Kier molecular flexibility index (Phi) is 6.76. The standard InChI is InChI=1S/C11H21NO3.ClH/c1-2-15-11(14)9(12)10(13)8-6-4-3-5-7-8;/h8-10,13H,2-7,12H2,1H3;1H/t9-,10-;/m1./s1/i8D;. The van der Waals surface area contributed by atoms with E-state index in [1.54, 1.807) is 6.92 Å². The average Bonchev–Trinajstić information content (AvgIpc) is 2.28. The molecule has 0 radical (unpaired) electrons. The van der Waals surface area contributed by atoms with Gasteiger partial charge in [0.25, 0.3) is 0 Å². The van der Waals surface area contributed by atoms with Gasteiger partial charge in [0.1, 0.15) is 6.04 Å². The summed E-state index contributed by atoms with van der Waals surface area (Å²) in [6.45, 7) is 1.93. The van der Waals surface area contributed by atoms with Gasteiger partial charge in [0.05, 0.1) is 12.7 Å². The molecule has 0 bridgehead atoms. The molecular weight excluding hydrogens is 230 g/mol. The first kappa shape index (κ1) is 13.7. The SMILES string of the molecule is Cl.[2H]C1([C@@H](O)[C@@H](N)C(=O)OCC)CCCCC1. The van der Waals surface area contributed by atoms with Crippen molar-refractivity contribution in [2.45, 2.75) is 51.2 Å². The van der Waals surface area contributed by atoms with Crippen molar-refractivity contribution in [2.24, 2.45) is 11.6 Å². The number of hydrogen-bond donors (Lipinski definition) is 2. The maximum Gasteiger partial charge on any atom is 0.325 e. The summed E-state index contributed by atoms with van der Waals surface area (Å²) >= 11 is 0. The first-order valence-corrected chi connectivity index (χ1v) is 5.61. The average molecular weight is 253 g/mol. The zero-order valence-electron chi connectivity index (χ0n) is 10.6. The summed E-state index contributed by atoms with van der Waals surface area (Å²) in [5, 5.41) is 9.99. The Morgan fingerprint density at radius 2 is 2.12 bits per heavy atom. The molecule has 1 saturated carbocycles. The minimum absolute atomic E-state index is 0. The fourth-order valence-corrected chi connectivity index (χ4v) is 1.92. The summed E-state index contributed by atoms with van der Waals surface area (Å²) in [5.41, 5.74) is 5.62. The number of halogens is 1. The Hall–Kier alpha value is -0.320. The lowest BCUT2D eigenvalue weighted by Gasteiger charge is -2.29. The maximum atomic E-state index is 11.4. The Morgan fingerprint density at radius 3 is 2.62 bits per heavy atom. The van der Waals surface area contributed by atoms with Crippen molar-refractivity contribution in [1.29, 1.82) is 0 Å². The minimum atomic E-state index is -1.13. The van der Waals surface area contributed by atoms with E-state index in [0.717, 1.165) is 19.3 Å². The molecule has 0 unspecified atom stereocenters. The monoisotopic (exact) mass is 252 g/mol. The van der Waals surface area contributed by atoms with Crippen LogP contribution >= 0.6 is 12.4 Å². The number of carbonyl (C=O) groups is 1. The molecule has 0 spiro atoms. The number of ether oxygens (including phenoxy) is 1. The van der Waals surface area contributed by atoms with E-state index < -0.39 is 24.0 Å². The van der Waals surface area contributed by atoms with Gasteiger partial charge < -0.3 is 15.6 Å². The van der Waals surface area contributed by atoms with Gasteiger partial charge in [0.2, 0.25) is 0 Å². The summed E-state index contributed by atoms with van der Waals surface area (Å²) in [4.78, 5) is 11.4. The molecule has 1 fully saturated rings. The molecule has 0 heterocycles. The van der Waals surface area contributed by atoms with E-state index >= 15 is 0 Å². The Balaban J connectivity index is 0.00000256. The van der Waals surface area contributed by atoms with Gasteiger partial charge >= 0.3 is 5.97 Å². The van der Waals surface area contributed by atoms with Crippen LogP contribution < -0.4 is 5.73 Å². The van der Waals surface area contributed by atoms with Crippen LogP contribution in [0.2, 0.25) is 0 Å². The number of rotatable bonds is 4. The molecule has 16 heavy (non-hydrogen) atoms. The van der Waals surface area contributed by atoms with E-state index in [1.807, 2.05) is 0 Å². The lowest BCUT2D eigenvalue weighted by Crippen LogP contribution is -2.47. The van der Waals surface area contributed by atoms with Gasteiger partial charge in [0.15, 0.2) is 0 Å². The summed E-state index contributed by atoms with van der Waals surface area (Å²) in [5.74, 6) is -1.60. The molecule has 1 aliphatic carbocycles. The quantitative estimate of drug-likeness (QED) is 0.739. The number of carbonyl (C=O) groups excluding carboxylic acids is 1. The van der Waals surface area contributed by atoms with Gasteiger partial charge in [-0.1, -0.05) is 19.3 Å². The van der Waals surface area contributed by atoms with Gasteiger partial charge in [-0.15, -0.1) is 12.4 Å². The molecule has 0 aromatic heterocycles. The minimum Gasteiger partial charge on any atom is -0.465 e. The maximum absolute atomic E-state index is 11.4. The molecule has 0 saturated heterocycles. The molecule has 5 heteroatoms. The lowest BCUT2D eigenvalue weighted by molar-refractivity contribution is -0.148. The highest BCUT2D eigenvalue weighted by molar-refractivity contribution is 5.85. The zero-order valence-corrected chi connectivity index (χ0v) is 10.5. The van der Waals surface area contributed by atoms with Crippen LogP contribution in [0.1, 0.15) is 40.4 Å². The molecule has 1 aliphatic rings. The Bertz CT molecular complexity index is 247. The lowest BCUT2D eigenvalue weighted by atomic mass is 9.83. The summed E-state index contributed by atoms with van der Waals surface area (Å²) < 4.78 is 12.9. The fraction of sp³-hybridized carbons (Fsp3) is 0.909. The molecule has 4 nitrogen and oxygen atoms in total. The largest absolute Gasteiger partial charge is 0.465 e. The van der Waals surface area contributed by atoms with Crippen molar-refractivity contribution in [1.82, 2.24) is 0 Å². The Morgan fingerprint density at radius 1 is 1.56 bits per heavy atom. The predicted molar refractivity (Wildman–Crippen MR) is 64.4 cm³/mol. The second-order valence-corrected chi connectivity index (χ2v) is 3.94. The number of esters is 1. The van der Waals surface area contributed by atoms with Gasteiger partial charge in [-0.2, -0.15) is 0 Å². The van der Waals surface area contributed by atoms with Crippen LogP contribution in [0, 0.1) is 5.89 Å². The molecular formula is C11H22ClNO3. The summed E-state index contributed by atoms with van der Waals surface area (Å²) in [7, 11) is 0. The van der Waals surface area contributed by atoms with Crippen LogP contribution in [-0.2, 0) is 9.53 Å². The third kappa shape index (κ3) is 4.28. The molecule has 2 atom stereocenters. The Labute approximate surface area is 104 Å². The van der Waals surface area contributed by atoms with E-state index in [9.17, 15) is 9.90 Å². The number of hydrogen-bond acceptors (Lipinski definition) is 4. The van der Waals surface area contributed by atoms with Crippen molar-refractivity contribution >= 4 is 18.4 Å². The van der Waals surface area contributed by atoms with E-state index in [0.29, 0.717) is 12.8 Å². The topological polar surface area (TPSA) is 72.5 Å². The molecule has 96 valence electrons. The van der Waals surface area contributed by atoms with Crippen molar-refractivity contribution < 1.29 is 16.0 Å². The van der Waals surface area contributed by atoms with Crippen LogP contribution in [0.3, 0.4) is 0 Å². The fourth-order valence-electron chi connectivity index (χ4n) is 1.92. The third-order valence-corrected chi connectivity index (χ3v) is 2.81. The van der Waals surface area contributed by atoms with Crippen LogP contribution in [0.25, 0.3) is 0 Å². The highest BCUT2D eigenvalue weighted by Crippen LogP contribution is 2.27. The highest BCUT2D eigenvalue weighted by Gasteiger charge is 2.31. The normalized spacial score (nSPS) is 23.6. The second-order valence-electron chi connectivity index (χ2n) is 3.94. The van der Waals surface area contributed by atoms with Crippen molar-refractivity contribution in [3.05, 3.63) is 0 Å². The number of aliphatic hydroxyl groups excluding tert-OH is 1. The summed E-state index contributed by atoms with van der Waals surface area (Å²) in [6, 6.07) is -1.10. The first-order chi connectivity index (χ1) is 7.51. The molecule has 0 aliphatic heterocycles. The van der Waals surface area contributed by atoms with Gasteiger partial charge in [-0.3, -0.25) is 4.79 Å². The van der Waals surface area contributed by atoms with E-state index in [1.165, 1.54) is 0 Å². The van der Waals surface area contributed by atoms with Crippen LogP contribution in [0.4, 0.5) is 0 Å². The first-order valence-electron chi connectivity index (χ1n) is 6.11. The molecule has 0 amide bonds. The second kappa shape index (κ2) is 7.87. The third-order valence-electron chi connectivity index (χ3n) is 2.81. The van der Waals surface area contributed by atoms with Crippen LogP contribution in [-0.4, -0.2) is 29.8 Å². The van der Waals surface area contributed by atoms with Crippen LogP contribution in [0.15, 0.2) is 0 Å². The molecule has 0 aromatic carbocycles. The van der Waals surface area contributed by atoms with E-state index in [4.69, 9.17) is 11.8 Å².